The van der Waals surface area contributed by atoms with Gasteiger partial charge in [-0.05, 0) is 56.1 Å². The number of hydrogen-bond donors (Lipinski definition) is 3. The van der Waals surface area contributed by atoms with Crippen molar-refractivity contribution in [3.8, 4) is 0 Å². The number of fused-ring (bicyclic) bond motifs is 1. The largest absolute Gasteiger partial charge is 0.480 e. The van der Waals surface area contributed by atoms with Crippen molar-refractivity contribution in [3.05, 3.63) is 23.4 Å². The Labute approximate surface area is 199 Å². The van der Waals surface area contributed by atoms with E-state index < -0.39 is 24.2 Å². The highest BCUT2D eigenvalue weighted by Gasteiger charge is 2.33. The number of likely N-dealkylation sites (tertiary alicyclic amines) is 1. The highest BCUT2D eigenvalue weighted by atomic mass is 16.6. The molecule has 4 rings (SSSR count). The number of nitrogens with one attached hydrogen (secondary N) is 2. The van der Waals surface area contributed by atoms with Gasteiger partial charge < -0.3 is 30.1 Å². The molecule has 1 saturated heterocycles. The molecule has 3 heterocycles. The Balaban J connectivity index is 1.09. The van der Waals surface area contributed by atoms with Crippen molar-refractivity contribution in [2.24, 2.45) is 5.92 Å². The van der Waals surface area contributed by atoms with E-state index in [9.17, 15) is 19.5 Å². The van der Waals surface area contributed by atoms with E-state index in [1.54, 1.807) is 4.90 Å². The number of nitrogens with zero attached hydrogens (tertiary/aromatic N) is 2. The Bertz CT molecular complexity index is 897. The van der Waals surface area contributed by atoms with Crippen LogP contribution in [0.5, 0.6) is 0 Å². The number of hydrogen-bond acceptors (Lipinski definition) is 7. The van der Waals surface area contributed by atoms with Crippen LogP contribution in [0.1, 0.15) is 50.3 Å². The fraction of sp³-hybridized carbons (Fsp3) is 0.667. The molecule has 0 aromatic carbocycles. The molecule has 186 valence electrons. The van der Waals surface area contributed by atoms with Crippen LogP contribution in [0.25, 0.3) is 0 Å². The zero-order valence-corrected chi connectivity index (χ0v) is 19.6. The predicted octanol–water partition coefficient (Wildman–Crippen LogP) is 1.97. The number of anilines is 1. The Morgan fingerprint density at radius 2 is 2.06 bits per heavy atom. The van der Waals surface area contributed by atoms with Crippen LogP contribution >= 0.6 is 0 Å². The molecule has 1 saturated carbocycles. The van der Waals surface area contributed by atoms with Gasteiger partial charge in [-0.3, -0.25) is 4.79 Å². The smallest absolute Gasteiger partial charge is 0.408 e. The number of pyridine rings is 1. The Hall–Kier alpha value is -2.88. The van der Waals surface area contributed by atoms with Gasteiger partial charge in [-0.15, -0.1) is 0 Å². The van der Waals surface area contributed by atoms with E-state index in [0.29, 0.717) is 19.0 Å². The monoisotopic (exact) mass is 474 g/mol. The molecule has 3 aliphatic rings. The van der Waals surface area contributed by atoms with Gasteiger partial charge in [0.25, 0.3) is 0 Å². The summed E-state index contributed by atoms with van der Waals surface area (Å²) in [5.74, 6) is 0.427. The van der Waals surface area contributed by atoms with Crippen LogP contribution in [0, 0.1) is 5.92 Å². The molecule has 1 aliphatic carbocycles. The second-order valence-electron chi connectivity index (χ2n) is 9.48. The second-order valence-corrected chi connectivity index (χ2v) is 9.48. The van der Waals surface area contributed by atoms with Gasteiger partial charge in [0.15, 0.2) is 0 Å². The molecule has 2 aliphatic heterocycles. The van der Waals surface area contributed by atoms with Gasteiger partial charge in [-0.1, -0.05) is 6.07 Å². The molecular weight excluding hydrogens is 440 g/mol. The minimum absolute atomic E-state index is 0.0772. The van der Waals surface area contributed by atoms with E-state index in [4.69, 9.17) is 14.5 Å². The quantitative estimate of drug-likeness (QED) is 0.469. The highest BCUT2D eigenvalue weighted by Crippen LogP contribution is 2.34. The number of carbonyl (C=O) groups is 3. The molecule has 2 fully saturated rings. The summed E-state index contributed by atoms with van der Waals surface area (Å²) >= 11 is 0. The number of rotatable bonds is 10. The average molecular weight is 475 g/mol. The lowest BCUT2D eigenvalue weighted by molar-refractivity contribution is -0.140. The maximum absolute atomic E-state index is 12.0. The van der Waals surface area contributed by atoms with Crippen molar-refractivity contribution in [3.63, 3.8) is 0 Å². The number of ether oxygens (including phenoxy) is 2. The zero-order valence-electron chi connectivity index (χ0n) is 19.6. The van der Waals surface area contributed by atoms with Crippen LogP contribution in [0.3, 0.4) is 0 Å². The number of amides is 2. The molecule has 2 amide bonds. The zero-order chi connectivity index (χ0) is 24.1. The first-order chi connectivity index (χ1) is 16.4. The Morgan fingerprint density at radius 3 is 2.79 bits per heavy atom. The Morgan fingerprint density at radius 1 is 1.26 bits per heavy atom. The molecule has 1 aromatic heterocycles. The third-order valence-electron chi connectivity index (χ3n) is 6.87. The van der Waals surface area contributed by atoms with Crippen molar-refractivity contribution in [2.45, 2.75) is 70.1 Å². The molecular formula is C24H34N4O6. The van der Waals surface area contributed by atoms with E-state index in [1.165, 1.54) is 12.5 Å². The summed E-state index contributed by atoms with van der Waals surface area (Å²) in [7, 11) is 0. The van der Waals surface area contributed by atoms with Gasteiger partial charge in [0.2, 0.25) is 5.91 Å². The van der Waals surface area contributed by atoms with Crippen LogP contribution in [-0.2, 0) is 31.9 Å². The maximum atomic E-state index is 12.0. The molecule has 1 aromatic rings. The van der Waals surface area contributed by atoms with Crippen LogP contribution in [-0.4, -0.2) is 77.5 Å². The number of aliphatic carboxylic acids is 1. The molecule has 1 atom stereocenters. The lowest BCUT2D eigenvalue weighted by atomic mass is 9.79. The molecule has 10 nitrogen and oxygen atoms in total. The van der Waals surface area contributed by atoms with Gasteiger partial charge in [-0.2, -0.15) is 0 Å². The fourth-order valence-electron chi connectivity index (χ4n) is 4.61. The summed E-state index contributed by atoms with van der Waals surface area (Å²) in [6.07, 6.45) is 5.33. The summed E-state index contributed by atoms with van der Waals surface area (Å²) in [6, 6.07) is 3.25. The number of aryl methyl sites for hydroxylation is 2. The van der Waals surface area contributed by atoms with Crippen LogP contribution < -0.4 is 10.6 Å². The minimum Gasteiger partial charge on any atom is -0.480 e. The van der Waals surface area contributed by atoms with E-state index in [2.05, 4.69) is 22.8 Å². The standard InChI is InChI=1S/C24H34N4O6/c1-15(29)28-13-20(14-28)34-24(32)27-21(23(30)31)8-10-33-19-11-16(12-19)4-6-18-7-5-17-3-2-9-25-22(17)26-18/h5,7,16,19-21H,2-4,6,8-14H2,1H3,(H,25,26)(H,27,32)(H,30,31)/t16-,19-,21?. The van der Waals surface area contributed by atoms with Crippen molar-refractivity contribution in [1.82, 2.24) is 15.2 Å². The van der Waals surface area contributed by atoms with E-state index >= 15 is 0 Å². The lowest BCUT2D eigenvalue weighted by Crippen LogP contribution is -2.56. The molecule has 0 bridgehead atoms. The number of aromatic nitrogens is 1. The van der Waals surface area contributed by atoms with Crippen LogP contribution in [0.15, 0.2) is 12.1 Å². The molecule has 0 radical (unpaired) electrons. The normalized spacial score (nSPS) is 22.4. The first kappa shape index (κ1) is 24.3. The second kappa shape index (κ2) is 11.0. The first-order valence-corrected chi connectivity index (χ1v) is 12.2. The summed E-state index contributed by atoms with van der Waals surface area (Å²) in [6.45, 7) is 3.38. The van der Waals surface area contributed by atoms with E-state index in [-0.39, 0.29) is 25.0 Å². The number of carboxylic acid groups (broad SMARTS) is 1. The highest BCUT2D eigenvalue weighted by molar-refractivity contribution is 5.80. The van der Waals surface area contributed by atoms with Crippen LogP contribution in [0.4, 0.5) is 10.6 Å². The van der Waals surface area contributed by atoms with Gasteiger partial charge in [-0.25, -0.2) is 14.6 Å². The Kier molecular flexibility index (Phi) is 7.87. The van der Waals surface area contributed by atoms with Gasteiger partial charge in [0.05, 0.1) is 19.2 Å². The summed E-state index contributed by atoms with van der Waals surface area (Å²) in [5.41, 5.74) is 2.42. The fourth-order valence-corrected chi connectivity index (χ4v) is 4.61. The molecule has 1 unspecified atom stereocenters. The van der Waals surface area contributed by atoms with Crippen molar-refractivity contribution >= 4 is 23.8 Å². The summed E-state index contributed by atoms with van der Waals surface area (Å²) in [4.78, 5) is 40.9. The average Bonchev–Trinajstić information content (AvgIpc) is 2.75. The maximum Gasteiger partial charge on any atom is 0.408 e. The third kappa shape index (κ3) is 6.37. The van der Waals surface area contributed by atoms with Crippen molar-refractivity contribution in [1.29, 1.82) is 0 Å². The van der Waals surface area contributed by atoms with Crippen LogP contribution in [0.2, 0.25) is 0 Å². The SMILES string of the molecule is CC(=O)N1CC(OC(=O)NC(CCO[C@H]2C[C@H](CCc3ccc4c(n3)NCCC4)C2)C(=O)O)C1. The van der Waals surface area contributed by atoms with E-state index in [1.807, 2.05) is 0 Å². The van der Waals surface area contributed by atoms with Gasteiger partial charge >= 0.3 is 12.1 Å². The van der Waals surface area contributed by atoms with Gasteiger partial charge in [0.1, 0.15) is 18.0 Å². The molecule has 10 heteroatoms. The summed E-state index contributed by atoms with van der Waals surface area (Å²) in [5, 5.41) is 15.1. The molecule has 0 spiro atoms. The van der Waals surface area contributed by atoms with Crippen molar-refractivity contribution < 1.29 is 29.0 Å². The number of carbonyl (C=O) groups excluding carboxylic acids is 2. The molecule has 3 N–H and O–H groups in total. The summed E-state index contributed by atoms with van der Waals surface area (Å²) < 4.78 is 11.0. The van der Waals surface area contributed by atoms with Gasteiger partial charge in [0, 0.05) is 32.2 Å². The van der Waals surface area contributed by atoms with Crippen molar-refractivity contribution in [2.75, 3.05) is 31.6 Å². The number of alkyl carbamates (subject to hydrolysis) is 1. The predicted molar refractivity (Wildman–Crippen MR) is 124 cm³/mol. The third-order valence-corrected chi connectivity index (χ3v) is 6.87. The topological polar surface area (TPSA) is 130 Å². The minimum atomic E-state index is -1.13. The lowest BCUT2D eigenvalue weighted by Gasteiger charge is -2.37. The number of carboxylic acids is 1. The molecule has 34 heavy (non-hydrogen) atoms. The van der Waals surface area contributed by atoms with E-state index in [0.717, 1.165) is 56.6 Å². The first-order valence-electron chi connectivity index (χ1n) is 12.2.